The Morgan fingerprint density at radius 3 is 2.80 bits per heavy atom. The van der Waals surface area contributed by atoms with Crippen molar-refractivity contribution in [2.24, 2.45) is 0 Å². The number of ether oxygens (including phenoxy) is 2. The number of nitrogens with one attached hydrogen (secondary N) is 1. The van der Waals surface area contributed by atoms with Gasteiger partial charge >= 0.3 is 6.09 Å². The maximum Gasteiger partial charge on any atom is 0.409 e. The standard InChI is InChI=1S/C17H19ClN4O3/c1-2-24-17(23)22-9-7-21(8-10-22)12-25-16-4-3-13(11-14(16)18)15-5-6-19-20-15/h5-6,11H,2,7-10,12H2,1H3,(H,19,20). The molecule has 1 aliphatic heterocycles. The van der Waals surface area contributed by atoms with E-state index in [0.29, 0.717) is 50.3 Å². The van der Waals surface area contributed by atoms with Gasteiger partial charge in [-0.1, -0.05) is 17.7 Å². The zero-order chi connectivity index (χ0) is 17.6. The number of aromatic nitrogens is 2. The topological polar surface area (TPSA) is 70.7 Å². The smallest absolute Gasteiger partial charge is 0.409 e. The second kappa shape index (κ2) is 8.10. The molecule has 7 nitrogen and oxygen atoms in total. The molecule has 0 unspecified atom stereocenters. The summed E-state index contributed by atoms with van der Waals surface area (Å²) in [6.45, 7) is 5.23. The fourth-order valence-corrected chi connectivity index (χ4v) is 2.71. The number of piperazine rings is 1. The van der Waals surface area contributed by atoms with Crippen molar-refractivity contribution >= 4 is 17.7 Å². The third kappa shape index (κ3) is 4.35. The third-order valence-corrected chi connectivity index (χ3v) is 4.16. The van der Waals surface area contributed by atoms with Crippen LogP contribution in [-0.4, -0.2) is 65.6 Å². The van der Waals surface area contributed by atoms with Gasteiger partial charge < -0.3 is 14.4 Å². The first-order valence-corrected chi connectivity index (χ1v) is 8.45. The van der Waals surface area contributed by atoms with E-state index in [9.17, 15) is 4.79 Å². The minimum atomic E-state index is -0.261. The van der Waals surface area contributed by atoms with E-state index in [1.54, 1.807) is 24.1 Å². The van der Waals surface area contributed by atoms with Crippen molar-refractivity contribution < 1.29 is 14.3 Å². The lowest BCUT2D eigenvalue weighted by molar-refractivity contribution is 0.0516. The molecule has 1 amide bonds. The van der Waals surface area contributed by atoms with E-state index in [4.69, 9.17) is 21.1 Å². The maximum absolute atomic E-state index is 11.7. The molecule has 1 N–H and O–H groups in total. The molecule has 0 saturated carbocycles. The minimum absolute atomic E-state index is 0.261. The molecule has 0 atom stereocenters. The highest BCUT2D eigenvalue weighted by Crippen LogP contribution is 2.26. The summed E-state index contributed by atoms with van der Waals surface area (Å²) < 4.78 is 10.7. The van der Waals surface area contributed by atoms with E-state index in [1.807, 2.05) is 6.07 Å². The van der Waals surface area contributed by atoms with Gasteiger partial charge in [0, 0.05) is 32.4 Å². The van der Waals surface area contributed by atoms with Crippen LogP contribution in [0.15, 0.2) is 18.3 Å². The molecule has 1 aromatic heterocycles. The molecule has 0 aliphatic carbocycles. The number of H-pyrrole nitrogens is 1. The summed E-state index contributed by atoms with van der Waals surface area (Å²) in [6.07, 6.45) is 1.40. The van der Waals surface area contributed by atoms with Gasteiger partial charge in [-0.05, 0) is 25.1 Å². The normalized spacial score (nSPS) is 14.9. The molecule has 2 heterocycles. The van der Waals surface area contributed by atoms with E-state index < -0.39 is 0 Å². The Morgan fingerprint density at radius 2 is 2.16 bits per heavy atom. The molecule has 1 aliphatic rings. The number of amides is 1. The van der Waals surface area contributed by atoms with Crippen LogP contribution in [0, 0.1) is 12.1 Å². The summed E-state index contributed by atoms with van der Waals surface area (Å²) in [7, 11) is 0. The lowest BCUT2D eigenvalue weighted by Crippen LogP contribution is -2.49. The van der Waals surface area contributed by atoms with Crippen LogP contribution in [-0.2, 0) is 4.74 Å². The SMILES string of the molecule is CCOC(=O)N1CCN(COc2c#cc(-c3ccn[nH]3)cc2Cl)CC1. The molecule has 132 valence electrons. The molecule has 3 rings (SSSR count). The number of nitrogens with zero attached hydrogens (tertiary/aromatic N) is 3. The lowest BCUT2D eigenvalue weighted by Gasteiger charge is -2.33. The highest BCUT2D eigenvalue weighted by molar-refractivity contribution is 6.32. The summed E-state index contributed by atoms with van der Waals surface area (Å²) >= 11 is 6.27. The Balaban J connectivity index is 1.50. The number of halogens is 1. The van der Waals surface area contributed by atoms with E-state index in [2.05, 4.69) is 27.2 Å². The molecular formula is C17H19ClN4O3. The summed E-state index contributed by atoms with van der Waals surface area (Å²) in [6, 6.07) is 9.55. The number of hydrogen-bond donors (Lipinski definition) is 1. The Bertz CT molecular complexity index is 700. The van der Waals surface area contributed by atoms with Gasteiger partial charge in [0.1, 0.15) is 6.73 Å². The van der Waals surface area contributed by atoms with Gasteiger partial charge in [-0.25, -0.2) is 4.79 Å². The molecule has 0 spiro atoms. The second-order valence-corrected chi connectivity index (χ2v) is 5.94. The molecular weight excluding hydrogens is 344 g/mol. The first-order valence-electron chi connectivity index (χ1n) is 8.07. The molecule has 1 fully saturated rings. The molecule has 8 heteroatoms. The van der Waals surface area contributed by atoms with E-state index in [1.165, 1.54) is 0 Å². The van der Waals surface area contributed by atoms with Crippen molar-refractivity contribution in [2.75, 3.05) is 39.5 Å². The molecule has 25 heavy (non-hydrogen) atoms. The van der Waals surface area contributed by atoms with Crippen LogP contribution < -0.4 is 4.74 Å². The summed E-state index contributed by atoms with van der Waals surface area (Å²) in [5, 5.41) is 7.22. The van der Waals surface area contributed by atoms with Crippen LogP contribution in [0.2, 0.25) is 5.02 Å². The second-order valence-electron chi connectivity index (χ2n) is 5.53. The highest BCUT2D eigenvalue weighted by Gasteiger charge is 2.22. The maximum atomic E-state index is 11.7. The average molecular weight is 363 g/mol. The Kier molecular flexibility index (Phi) is 5.64. The number of hydrogen-bond acceptors (Lipinski definition) is 5. The molecule has 0 bridgehead atoms. The van der Waals surface area contributed by atoms with Crippen molar-refractivity contribution in [2.45, 2.75) is 6.92 Å². The minimum Gasteiger partial charge on any atom is -0.468 e. The van der Waals surface area contributed by atoms with Crippen LogP contribution in [0.5, 0.6) is 5.75 Å². The predicted molar refractivity (Wildman–Crippen MR) is 92.4 cm³/mol. The monoisotopic (exact) mass is 362 g/mol. The van der Waals surface area contributed by atoms with Gasteiger partial charge in [-0.2, -0.15) is 5.10 Å². The summed E-state index contributed by atoms with van der Waals surface area (Å²) in [5.74, 6) is 0.456. The van der Waals surface area contributed by atoms with E-state index in [-0.39, 0.29) is 6.09 Å². The predicted octanol–water partition coefficient (Wildman–Crippen LogP) is 2.44. The molecule has 1 aromatic carbocycles. The third-order valence-electron chi connectivity index (χ3n) is 3.88. The summed E-state index contributed by atoms with van der Waals surface area (Å²) in [5.41, 5.74) is 1.60. The summed E-state index contributed by atoms with van der Waals surface area (Å²) in [4.78, 5) is 15.5. The van der Waals surface area contributed by atoms with Crippen LogP contribution in [0.1, 0.15) is 6.92 Å². The number of rotatable bonds is 5. The Morgan fingerprint density at radius 1 is 1.36 bits per heavy atom. The number of carbonyl (C=O) groups is 1. The quantitative estimate of drug-likeness (QED) is 0.884. The van der Waals surface area contributed by atoms with Crippen molar-refractivity contribution in [1.29, 1.82) is 0 Å². The van der Waals surface area contributed by atoms with E-state index >= 15 is 0 Å². The fraction of sp³-hybridized carbons (Fsp3) is 0.412. The lowest BCUT2D eigenvalue weighted by atomic mass is 10.2. The van der Waals surface area contributed by atoms with E-state index in [0.717, 1.165) is 11.3 Å². The zero-order valence-corrected chi connectivity index (χ0v) is 14.7. The van der Waals surface area contributed by atoms with Gasteiger partial charge in [0.15, 0.2) is 5.75 Å². The van der Waals surface area contributed by atoms with Gasteiger partial charge in [-0.3, -0.25) is 10.00 Å². The number of aromatic amines is 1. The van der Waals surface area contributed by atoms with Gasteiger partial charge in [0.05, 0.1) is 22.9 Å². The van der Waals surface area contributed by atoms with Gasteiger partial charge in [0.2, 0.25) is 0 Å². The molecule has 0 radical (unpaired) electrons. The first kappa shape index (κ1) is 17.4. The number of carbonyl (C=O) groups excluding carboxylic acids is 1. The Hall–Kier alpha value is -2.43. The molecule has 1 saturated heterocycles. The fourth-order valence-electron chi connectivity index (χ4n) is 2.50. The highest BCUT2D eigenvalue weighted by atomic mass is 35.5. The van der Waals surface area contributed by atoms with Gasteiger partial charge in [0.25, 0.3) is 0 Å². The zero-order valence-electron chi connectivity index (χ0n) is 13.9. The van der Waals surface area contributed by atoms with Gasteiger partial charge in [-0.15, -0.1) is 0 Å². The van der Waals surface area contributed by atoms with Crippen LogP contribution >= 0.6 is 11.6 Å². The van der Waals surface area contributed by atoms with Crippen LogP contribution in [0.4, 0.5) is 4.79 Å². The van der Waals surface area contributed by atoms with Crippen molar-refractivity contribution in [3.8, 4) is 17.0 Å². The van der Waals surface area contributed by atoms with Crippen LogP contribution in [0.3, 0.4) is 0 Å². The largest absolute Gasteiger partial charge is 0.468 e. The van der Waals surface area contributed by atoms with Crippen molar-refractivity contribution in [1.82, 2.24) is 20.0 Å². The van der Waals surface area contributed by atoms with Crippen LogP contribution in [0.25, 0.3) is 11.3 Å². The Labute approximate surface area is 151 Å². The first-order chi connectivity index (χ1) is 12.2. The van der Waals surface area contributed by atoms with Crippen molar-refractivity contribution in [3.63, 3.8) is 0 Å². The average Bonchev–Trinajstić information content (AvgIpc) is 3.16. The van der Waals surface area contributed by atoms with Crippen molar-refractivity contribution in [3.05, 3.63) is 35.5 Å². The molecule has 2 aromatic rings.